The van der Waals surface area contributed by atoms with Crippen molar-refractivity contribution in [2.45, 2.75) is 139 Å². The highest BCUT2D eigenvalue weighted by atomic mass is 16.2. The molecule has 1 saturated heterocycles. The number of likely N-dealkylation sites (tertiary alicyclic amines) is 1. The zero-order valence-electron chi connectivity index (χ0n) is 30.6. The van der Waals surface area contributed by atoms with E-state index in [0.29, 0.717) is 19.4 Å². The summed E-state index contributed by atoms with van der Waals surface area (Å²) in [6, 6.07) is -3.45. The first-order valence-electron chi connectivity index (χ1n) is 17.0. The molecule has 0 aromatic rings. The van der Waals surface area contributed by atoms with Gasteiger partial charge in [0.05, 0.1) is 12.6 Å². The van der Waals surface area contributed by atoms with Crippen LogP contribution in [0.1, 0.15) is 115 Å². The third-order valence-corrected chi connectivity index (χ3v) is 8.23. The molecule has 1 aliphatic carbocycles. The summed E-state index contributed by atoms with van der Waals surface area (Å²) in [5, 5.41) is 7.77. The summed E-state index contributed by atoms with van der Waals surface area (Å²) in [6.45, 7) is 21.9. The number of nitrogens with one attached hydrogen (secondary N) is 3. The molecule has 46 heavy (non-hydrogen) atoms. The third kappa shape index (κ3) is 14.9. The Hall–Kier alpha value is -3.18. The van der Waals surface area contributed by atoms with Gasteiger partial charge in [-0.1, -0.05) is 82.1 Å². The molecule has 6 amide bonds. The van der Waals surface area contributed by atoms with E-state index in [9.17, 15) is 28.8 Å². The summed E-state index contributed by atoms with van der Waals surface area (Å²) in [4.78, 5) is 78.4. The lowest BCUT2D eigenvalue weighted by atomic mass is 9.81. The predicted molar refractivity (Wildman–Crippen MR) is 182 cm³/mol. The number of hydrogen-bond donors (Lipinski definition) is 4. The van der Waals surface area contributed by atoms with Crippen molar-refractivity contribution >= 4 is 35.4 Å². The number of amides is 6. The molecule has 0 bridgehead atoms. The largest absolute Gasteiger partial charge is 0.363 e. The van der Waals surface area contributed by atoms with Crippen molar-refractivity contribution in [1.29, 1.82) is 0 Å². The number of ketones is 1. The highest BCUT2D eigenvalue weighted by molar-refractivity contribution is 6.37. The number of carbonyl (C=O) groups is 6. The molecule has 0 radical (unpaired) electrons. The molecule has 12 nitrogen and oxygen atoms in total. The van der Waals surface area contributed by atoms with Gasteiger partial charge in [-0.15, -0.1) is 0 Å². The van der Waals surface area contributed by atoms with Crippen molar-refractivity contribution in [3.8, 4) is 0 Å². The van der Waals surface area contributed by atoms with Gasteiger partial charge in [-0.05, 0) is 55.8 Å². The van der Waals surface area contributed by atoms with E-state index in [2.05, 4.69) is 50.6 Å². The minimum absolute atomic E-state index is 0.137. The van der Waals surface area contributed by atoms with E-state index in [0.717, 1.165) is 18.8 Å². The van der Waals surface area contributed by atoms with Crippen LogP contribution in [0, 0.1) is 23.2 Å². The Morgan fingerprint density at radius 2 is 1.41 bits per heavy atom. The topological polar surface area (TPSA) is 171 Å². The number of nitrogens with zero attached hydrogens (tertiary/aromatic N) is 2. The number of nitrogens with two attached hydrogens (primary N) is 1. The lowest BCUT2D eigenvalue weighted by Gasteiger charge is -2.43. The average molecular weight is 653 g/mol. The molecule has 5 N–H and O–H groups in total. The predicted octanol–water partition coefficient (Wildman–Crippen LogP) is 3.61. The molecule has 1 heterocycles. The Morgan fingerprint density at radius 1 is 0.891 bits per heavy atom. The molecule has 0 aromatic heterocycles. The molecule has 0 spiro atoms. The number of urea groups is 1. The summed E-state index contributed by atoms with van der Waals surface area (Å²) in [6.07, 6.45) is 5.52. The van der Waals surface area contributed by atoms with Gasteiger partial charge in [-0.25, -0.2) is 4.79 Å². The zero-order chi connectivity index (χ0) is 35.9. The van der Waals surface area contributed by atoms with Crippen LogP contribution in [-0.4, -0.2) is 89.5 Å². The fourth-order valence-corrected chi connectivity index (χ4v) is 4.59. The summed E-state index contributed by atoms with van der Waals surface area (Å²) >= 11 is 0. The molecule has 2 aliphatic rings. The van der Waals surface area contributed by atoms with E-state index in [-0.39, 0.29) is 30.3 Å². The van der Waals surface area contributed by atoms with Gasteiger partial charge in [0.15, 0.2) is 0 Å². The molecule has 0 aromatic carbocycles. The third-order valence-electron chi connectivity index (χ3n) is 8.23. The van der Waals surface area contributed by atoms with Crippen LogP contribution in [-0.2, 0) is 24.0 Å². The Bertz CT molecular complexity index is 1020. The van der Waals surface area contributed by atoms with Crippen LogP contribution < -0.4 is 21.7 Å². The van der Waals surface area contributed by atoms with E-state index < -0.39 is 53.1 Å². The van der Waals surface area contributed by atoms with Crippen LogP contribution in [0.4, 0.5) is 4.79 Å². The second-order valence-corrected chi connectivity index (χ2v) is 14.4. The van der Waals surface area contributed by atoms with Gasteiger partial charge in [-0.3, -0.25) is 24.0 Å². The molecule has 2 fully saturated rings. The van der Waals surface area contributed by atoms with Crippen LogP contribution in [0.3, 0.4) is 0 Å². The van der Waals surface area contributed by atoms with Gasteiger partial charge in [0.25, 0.3) is 5.91 Å². The maximum atomic E-state index is 13.9. The van der Waals surface area contributed by atoms with E-state index in [4.69, 9.17) is 5.73 Å². The van der Waals surface area contributed by atoms with Gasteiger partial charge in [0.1, 0.15) is 12.1 Å². The van der Waals surface area contributed by atoms with Crippen LogP contribution >= 0.6 is 0 Å². The fourth-order valence-electron chi connectivity index (χ4n) is 4.59. The van der Waals surface area contributed by atoms with Gasteiger partial charge >= 0.3 is 6.03 Å². The number of piperidine rings is 1. The molecule has 266 valence electrons. The highest BCUT2D eigenvalue weighted by Crippen LogP contribution is 2.31. The van der Waals surface area contributed by atoms with Crippen LogP contribution in [0.5, 0.6) is 0 Å². The van der Waals surface area contributed by atoms with Crippen molar-refractivity contribution in [2.75, 3.05) is 20.1 Å². The molecule has 3 unspecified atom stereocenters. The van der Waals surface area contributed by atoms with Crippen molar-refractivity contribution in [1.82, 2.24) is 25.8 Å². The van der Waals surface area contributed by atoms with E-state index >= 15 is 0 Å². The van der Waals surface area contributed by atoms with Crippen molar-refractivity contribution in [2.24, 2.45) is 28.9 Å². The number of rotatable bonds is 11. The van der Waals surface area contributed by atoms with E-state index in [1.165, 1.54) is 24.7 Å². The summed E-state index contributed by atoms with van der Waals surface area (Å²) in [5.41, 5.74) is 4.34. The number of carbonyl (C=O) groups excluding carboxylic acids is 6. The Kier molecular flexibility index (Phi) is 18.7. The Balaban J connectivity index is 0.00000226. The Morgan fingerprint density at radius 3 is 1.83 bits per heavy atom. The summed E-state index contributed by atoms with van der Waals surface area (Å²) < 4.78 is 0. The second-order valence-electron chi connectivity index (χ2n) is 14.4. The van der Waals surface area contributed by atoms with Gasteiger partial charge in [-0.2, -0.15) is 0 Å². The maximum absolute atomic E-state index is 13.9. The van der Waals surface area contributed by atoms with Crippen LogP contribution in [0.2, 0.25) is 0 Å². The average Bonchev–Trinajstić information content (AvgIpc) is 3.82. The first-order chi connectivity index (χ1) is 21.2. The normalized spacial score (nSPS) is 19.0. The van der Waals surface area contributed by atoms with E-state index in [1.807, 2.05) is 13.8 Å². The number of primary amides is 1. The van der Waals surface area contributed by atoms with E-state index in [1.54, 1.807) is 32.7 Å². The zero-order valence-corrected chi connectivity index (χ0v) is 30.6. The summed E-state index contributed by atoms with van der Waals surface area (Å²) in [5.74, 6) is -2.02. The molecule has 4 atom stereocenters. The quantitative estimate of drug-likeness (QED) is 0.248. The summed E-state index contributed by atoms with van der Waals surface area (Å²) in [7, 11) is 1.70. The van der Waals surface area contributed by atoms with Crippen LogP contribution in [0.15, 0.2) is 0 Å². The van der Waals surface area contributed by atoms with Crippen molar-refractivity contribution in [3.63, 3.8) is 0 Å². The molecule has 2 rings (SSSR count). The van der Waals surface area contributed by atoms with Crippen molar-refractivity contribution < 1.29 is 28.8 Å². The lowest BCUT2D eigenvalue weighted by molar-refractivity contribution is -0.148. The van der Waals surface area contributed by atoms with Crippen molar-refractivity contribution in [3.05, 3.63) is 0 Å². The number of Topliss-reactive ketones (excluding diaryl/α,β-unsaturated/α-hetero) is 1. The smallest absolute Gasteiger partial charge is 0.315 e. The minimum Gasteiger partial charge on any atom is -0.363 e. The molecular formula is C34H64N6O6. The fraction of sp³-hybridized carbons (Fsp3) is 0.824. The first-order valence-corrected chi connectivity index (χ1v) is 17.0. The standard InChI is InChI=1S/C26H44N6O6.C5H12.C3H8/c1-14(2)16-8-11-18(23(36)29-15(3)20(34)22(27)35)32(13-16)24(37)21(26(4,5)6)30-25(38)28-12-19(33)31(7)17-9-10-17;1-4-5(2)3;1-3-2/h14-18,21H,8-13H2,1-7H3,(H2,27,35)(H,29,36)(H2,28,30,38);5H,4H2,1-3H3;3H2,1-2H3/t15?,16-,18?,21?;;/m1../s1. The SMILES string of the molecule is CC(NC(=O)C1CC[C@@H](C(C)C)CN1C(=O)C(NC(=O)NCC(=O)N(C)C1CC1)C(C)(C)C)C(=O)C(N)=O.CCC.CCC(C)C. The molecule has 12 heteroatoms. The minimum atomic E-state index is -1.15. The van der Waals surface area contributed by atoms with Gasteiger partial charge < -0.3 is 31.5 Å². The maximum Gasteiger partial charge on any atom is 0.315 e. The molecular weight excluding hydrogens is 588 g/mol. The first kappa shape index (κ1) is 42.8. The molecule has 1 saturated carbocycles. The Labute approximate surface area is 277 Å². The van der Waals surface area contributed by atoms with Gasteiger partial charge in [0.2, 0.25) is 23.5 Å². The van der Waals surface area contributed by atoms with Crippen LogP contribution in [0.25, 0.3) is 0 Å². The highest BCUT2D eigenvalue weighted by Gasteiger charge is 2.43. The number of hydrogen-bond acceptors (Lipinski definition) is 6. The monoisotopic (exact) mass is 652 g/mol. The van der Waals surface area contributed by atoms with Gasteiger partial charge in [0, 0.05) is 19.6 Å². The second kappa shape index (κ2) is 20.1. The lowest BCUT2D eigenvalue weighted by Crippen LogP contribution is -2.63. The molecule has 1 aliphatic heterocycles. The number of likely N-dealkylation sites (N-methyl/N-ethyl adjacent to an activating group) is 1.